The average Bonchev–Trinajstić information content (AvgIpc) is 2.01. The van der Waals surface area contributed by atoms with E-state index in [-0.39, 0.29) is 10.4 Å². The first kappa shape index (κ1) is 10.8. The van der Waals surface area contributed by atoms with Crippen molar-refractivity contribution in [3.05, 3.63) is 24.3 Å². The SMILES string of the molecule is CC(=O)Nc1cccc([Se](=O)(=O)O)c1. The zero-order chi connectivity index (χ0) is 10.8. The summed E-state index contributed by atoms with van der Waals surface area (Å²) in [7, 11) is 0. The van der Waals surface area contributed by atoms with Crippen molar-refractivity contribution in [3.63, 3.8) is 0 Å². The van der Waals surface area contributed by atoms with Crippen LogP contribution >= 0.6 is 0 Å². The first-order chi connectivity index (χ1) is 6.39. The molecule has 0 atom stereocenters. The molecule has 0 saturated heterocycles. The van der Waals surface area contributed by atoms with Gasteiger partial charge in [-0.1, -0.05) is 0 Å². The zero-order valence-electron chi connectivity index (χ0n) is 7.39. The van der Waals surface area contributed by atoms with E-state index in [1.165, 1.54) is 31.2 Å². The number of hydrogen-bond acceptors (Lipinski definition) is 3. The van der Waals surface area contributed by atoms with Crippen molar-refractivity contribution < 1.29 is 16.7 Å². The van der Waals surface area contributed by atoms with Crippen LogP contribution in [-0.4, -0.2) is 23.1 Å². The van der Waals surface area contributed by atoms with E-state index in [0.717, 1.165) is 0 Å². The molecule has 5 nitrogen and oxygen atoms in total. The van der Waals surface area contributed by atoms with E-state index in [9.17, 15) is 12.5 Å². The Morgan fingerprint density at radius 1 is 1.43 bits per heavy atom. The summed E-state index contributed by atoms with van der Waals surface area (Å²) in [6.07, 6.45) is 0. The first-order valence-electron chi connectivity index (χ1n) is 3.75. The summed E-state index contributed by atoms with van der Waals surface area (Å²) < 4.78 is 30.2. The van der Waals surface area contributed by atoms with Gasteiger partial charge in [0.1, 0.15) is 0 Å². The summed E-state index contributed by atoms with van der Waals surface area (Å²) in [5.74, 6) is -0.300. The number of rotatable bonds is 2. The van der Waals surface area contributed by atoms with Gasteiger partial charge in [-0.05, 0) is 0 Å². The number of hydrogen-bond donors (Lipinski definition) is 2. The van der Waals surface area contributed by atoms with E-state index < -0.39 is 13.0 Å². The monoisotopic (exact) mass is 263 g/mol. The molecular formula is C8H9NO4Se. The van der Waals surface area contributed by atoms with Gasteiger partial charge in [-0.15, -0.1) is 0 Å². The molecule has 0 aliphatic carbocycles. The molecule has 76 valence electrons. The molecule has 2 N–H and O–H groups in total. The van der Waals surface area contributed by atoms with Crippen LogP contribution in [0.15, 0.2) is 24.3 Å². The van der Waals surface area contributed by atoms with Gasteiger partial charge in [-0.25, -0.2) is 0 Å². The number of carbonyl (C=O) groups is 1. The van der Waals surface area contributed by atoms with Gasteiger partial charge in [0.25, 0.3) is 0 Å². The van der Waals surface area contributed by atoms with E-state index in [4.69, 9.17) is 4.19 Å². The third-order valence-corrected chi connectivity index (χ3v) is 3.23. The molecule has 14 heavy (non-hydrogen) atoms. The molecule has 6 heteroatoms. The topological polar surface area (TPSA) is 83.5 Å². The second-order valence-corrected chi connectivity index (χ2v) is 5.67. The molecular weight excluding hydrogens is 253 g/mol. The Morgan fingerprint density at radius 3 is 2.57 bits per heavy atom. The quantitative estimate of drug-likeness (QED) is 0.713. The molecule has 0 radical (unpaired) electrons. The fourth-order valence-corrected chi connectivity index (χ4v) is 2.04. The Labute approximate surface area is 82.7 Å². The van der Waals surface area contributed by atoms with E-state index in [2.05, 4.69) is 5.32 Å². The van der Waals surface area contributed by atoms with Crippen molar-refractivity contribution in [2.45, 2.75) is 6.92 Å². The average molecular weight is 262 g/mol. The van der Waals surface area contributed by atoms with E-state index in [1.54, 1.807) is 0 Å². The van der Waals surface area contributed by atoms with Crippen LogP contribution < -0.4 is 9.78 Å². The third-order valence-electron chi connectivity index (χ3n) is 1.45. The minimum atomic E-state index is -4.94. The zero-order valence-corrected chi connectivity index (χ0v) is 9.10. The molecule has 0 aromatic heterocycles. The molecule has 1 aromatic carbocycles. The second-order valence-electron chi connectivity index (χ2n) is 2.68. The normalized spacial score (nSPS) is 11.0. The van der Waals surface area contributed by atoms with Gasteiger partial charge in [0.05, 0.1) is 0 Å². The Hall–Kier alpha value is -1.23. The van der Waals surface area contributed by atoms with Crippen LogP contribution in [0.4, 0.5) is 5.69 Å². The van der Waals surface area contributed by atoms with Crippen molar-refractivity contribution in [2.24, 2.45) is 0 Å². The summed E-state index contributed by atoms with van der Waals surface area (Å²) in [6.45, 7) is 1.31. The van der Waals surface area contributed by atoms with Crippen LogP contribution in [0.3, 0.4) is 0 Å². The maximum atomic E-state index is 10.8. The predicted molar refractivity (Wildman–Crippen MR) is 49.7 cm³/mol. The Bertz CT molecular complexity index is 452. The van der Waals surface area contributed by atoms with E-state index >= 15 is 0 Å². The molecule has 0 aliphatic heterocycles. The molecule has 0 aliphatic rings. The van der Waals surface area contributed by atoms with Crippen molar-refractivity contribution in [3.8, 4) is 0 Å². The van der Waals surface area contributed by atoms with Gasteiger partial charge in [-0.3, -0.25) is 0 Å². The van der Waals surface area contributed by atoms with Gasteiger partial charge >= 0.3 is 82.3 Å². The number of nitrogens with one attached hydrogen (secondary N) is 1. The first-order valence-corrected chi connectivity index (χ1v) is 6.77. The van der Waals surface area contributed by atoms with Gasteiger partial charge in [0.2, 0.25) is 0 Å². The minimum absolute atomic E-state index is 0.174. The van der Waals surface area contributed by atoms with Crippen molar-refractivity contribution in [2.75, 3.05) is 5.32 Å². The van der Waals surface area contributed by atoms with Crippen molar-refractivity contribution >= 4 is 29.1 Å². The van der Waals surface area contributed by atoms with E-state index in [1.807, 2.05) is 0 Å². The molecule has 0 heterocycles. The van der Waals surface area contributed by atoms with Crippen LogP contribution in [0.5, 0.6) is 0 Å². The van der Waals surface area contributed by atoms with Crippen molar-refractivity contribution in [1.82, 2.24) is 0 Å². The second kappa shape index (κ2) is 3.87. The summed E-state index contributed by atoms with van der Waals surface area (Å²) in [4.78, 5) is 10.7. The van der Waals surface area contributed by atoms with Crippen LogP contribution in [0, 0.1) is 0 Å². The molecule has 1 amide bonds. The summed E-state index contributed by atoms with van der Waals surface area (Å²) in [5.41, 5.74) is 0.345. The Morgan fingerprint density at radius 2 is 2.07 bits per heavy atom. The fraction of sp³-hybridized carbons (Fsp3) is 0.125. The van der Waals surface area contributed by atoms with Gasteiger partial charge < -0.3 is 0 Å². The summed E-state index contributed by atoms with van der Waals surface area (Å²) in [6, 6.07) is 5.46. The third kappa shape index (κ3) is 2.92. The van der Waals surface area contributed by atoms with Crippen LogP contribution in [0.2, 0.25) is 0 Å². The molecule has 0 saturated carbocycles. The molecule has 0 bridgehead atoms. The number of carbonyl (C=O) groups excluding carboxylic acids is 1. The van der Waals surface area contributed by atoms with Gasteiger partial charge in [0, 0.05) is 0 Å². The molecule has 1 rings (SSSR count). The molecule has 1 aromatic rings. The maximum absolute atomic E-state index is 10.8. The van der Waals surface area contributed by atoms with Gasteiger partial charge in [-0.2, -0.15) is 0 Å². The number of amides is 1. The summed E-state index contributed by atoms with van der Waals surface area (Å²) in [5, 5.41) is 2.41. The molecule has 0 unspecified atom stereocenters. The molecule has 0 fully saturated rings. The molecule has 0 spiro atoms. The summed E-state index contributed by atoms with van der Waals surface area (Å²) >= 11 is -4.94. The van der Waals surface area contributed by atoms with E-state index in [0.29, 0.717) is 5.69 Å². The standard InChI is InChI=1S/C8H9NO4Se/c1-6(10)9-7-3-2-4-8(5-7)14(11,12)13/h2-5H,1H3,(H,9,10)(H,11,12,13). The fourth-order valence-electron chi connectivity index (χ4n) is 0.938. The Balaban J connectivity index is 3.08. The Kier molecular flexibility index (Phi) is 3.00. The number of anilines is 1. The van der Waals surface area contributed by atoms with Crippen LogP contribution in [0.1, 0.15) is 6.92 Å². The van der Waals surface area contributed by atoms with Crippen LogP contribution in [-0.2, 0) is 12.5 Å². The van der Waals surface area contributed by atoms with Crippen LogP contribution in [0.25, 0.3) is 0 Å². The predicted octanol–water partition coefficient (Wildman–Crippen LogP) is -0.356. The number of benzene rings is 1. The van der Waals surface area contributed by atoms with Gasteiger partial charge in [0.15, 0.2) is 0 Å². The van der Waals surface area contributed by atoms with Crippen molar-refractivity contribution in [1.29, 1.82) is 0 Å².